The summed E-state index contributed by atoms with van der Waals surface area (Å²) in [5.74, 6) is 0. The fourth-order valence-corrected chi connectivity index (χ4v) is 3.72. The fraction of sp³-hybridized carbons (Fsp3) is 0.667. The van der Waals surface area contributed by atoms with Gasteiger partial charge in [0, 0.05) is 19.8 Å². The molecule has 1 saturated heterocycles. The van der Waals surface area contributed by atoms with Crippen molar-refractivity contribution >= 4 is 6.03 Å². The number of aryl methyl sites for hydroxylation is 2. The van der Waals surface area contributed by atoms with Gasteiger partial charge in [-0.3, -0.25) is 0 Å². The summed E-state index contributed by atoms with van der Waals surface area (Å²) in [6.45, 7) is 4.84. The van der Waals surface area contributed by atoms with E-state index in [1.807, 2.05) is 6.92 Å². The summed E-state index contributed by atoms with van der Waals surface area (Å²) in [6, 6.07) is 6.53. The summed E-state index contributed by atoms with van der Waals surface area (Å²) < 4.78 is 11.1. The van der Waals surface area contributed by atoms with E-state index in [4.69, 9.17) is 9.47 Å². The average molecular weight is 360 g/mol. The number of carbonyl (C=O) groups excluding carboxylic acids is 1. The van der Waals surface area contributed by atoms with Crippen LogP contribution in [0, 0.1) is 0 Å². The molecule has 1 aliphatic heterocycles. The molecule has 2 unspecified atom stereocenters. The van der Waals surface area contributed by atoms with E-state index in [1.165, 1.54) is 36.0 Å². The number of rotatable bonds is 8. The van der Waals surface area contributed by atoms with Crippen molar-refractivity contribution in [1.82, 2.24) is 10.6 Å². The van der Waals surface area contributed by atoms with Gasteiger partial charge >= 0.3 is 6.03 Å². The van der Waals surface area contributed by atoms with Crippen LogP contribution in [0.5, 0.6) is 0 Å². The Morgan fingerprint density at radius 1 is 1.27 bits per heavy atom. The topological polar surface area (TPSA) is 59.6 Å². The molecule has 0 aromatic heterocycles. The van der Waals surface area contributed by atoms with Crippen molar-refractivity contribution in [3.05, 3.63) is 34.9 Å². The van der Waals surface area contributed by atoms with E-state index >= 15 is 0 Å². The monoisotopic (exact) mass is 360 g/mol. The smallest absolute Gasteiger partial charge is 0.315 e. The highest BCUT2D eigenvalue weighted by molar-refractivity contribution is 5.74. The molecule has 2 atom stereocenters. The zero-order valence-electron chi connectivity index (χ0n) is 15.9. The third-order valence-corrected chi connectivity index (χ3v) is 5.30. The number of nitrogens with one attached hydrogen (secondary N) is 2. The Labute approximate surface area is 156 Å². The van der Waals surface area contributed by atoms with Gasteiger partial charge in [-0.15, -0.1) is 0 Å². The second-order valence-electron chi connectivity index (χ2n) is 7.42. The van der Waals surface area contributed by atoms with Gasteiger partial charge in [-0.25, -0.2) is 4.79 Å². The number of fused-ring (bicyclic) bond motifs is 1. The lowest BCUT2D eigenvalue weighted by Crippen LogP contribution is -2.37. The summed E-state index contributed by atoms with van der Waals surface area (Å²) in [7, 11) is 0. The summed E-state index contributed by atoms with van der Waals surface area (Å²) in [5, 5.41) is 5.94. The molecule has 1 aromatic rings. The zero-order valence-corrected chi connectivity index (χ0v) is 15.9. The Bertz CT molecular complexity index is 585. The van der Waals surface area contributed by atoms with Crippen LogP contribution in [0.25, 0.3) is 0 Å². The molecule has 5 nitrogen and oxygen atoms in total. The van der Waals surface area contributed by atoms with Gasteiger partial charge in [0.25, 0.3) is 0 Å². The molecule has 3 rings (SSSR count). The molecule has 0 radical (unpaired) electrons. The number of amides is 2. The van der Waals surface area contributed by atoms with Crippen LogP contribution in [-0.2, 0) is 22.3 Å². The molecular weight excluding hydrogens is 328 g/mol. The van der Waals surface area contributed by atoms with Crippen LogP contribution in [0.4, 0.5) is 4.79 Å². The van der Waals surface area contributed by atoms with Crippen LogP contribution >= 0.6 is 0 Å². The van der Waals surface area contributed by atoms with Gasteiger partial charge in [0.2, 0.25) is 0 Å². The van der Waals surface area contributed by atoms with Crippen LogP contribution in [0.1, 0.15) is 61.8 Å². The molecule has 26 heavy (non-hydrogen) atoms. The second kappa shape index (κ2) is 9.93. The minimum absolute atomic E-state index is 0.0120. The van der Waals surface area contributed by atoms with Crippen molar-refractivity contribution < 1.29 is 14.3 Å². The van der Waals surface area contributed by atoms with Crippen molar-refractivity contribution in [2.45, 2.75) is 64.0 Å². The van der Waals surface area contributed by atoms with Crippen molar-refractivity contribution in [3.8, 4) is 0 Å². The maximum absolute atomic E-state index is 12.1. The predicted octanol–water partition coefficient (Wildman–Crippen LogP) is 3.51. The highest BCUT2D eigenvalue weighted by atomic mass is 16.5. The number of benzene rings is 1. The first-order valence-electron chi connectivity index (χ1n) is 10.1. The van der Waals surface area contributed by atoms with Gasteiger partial charge < -0.3 is 20.1 Å². The third kappa shape index (κ3) is 5.71. The first-order valence-corrected chi connectivity index (χ1v) is 10.1. The lowest BCUT2D eigenvalue weighted by Gasteiger charge is -2.20. The van der Waals surface area contributed by atoms with E-state index in [1.54, 1.807) is 0 Å². The molecule has 144 valence electrons. The molecule has 0 bridgehead atoms. The Morgan fingerprint density at radius 2 is 2.12 bits per heavy atom. The van der Waals surface area contributed by atoms with Crippen LogP contribution in [-0.4, -0.2) is 38.5 Å². The van der Waals surface area contributed by atoms with Gasteiger partial charge in [-0.1, -0.05) is 18.2 Å². The van der Waals surface area contributed by atoms with E-state index in [2.05, 4.69) is 28.8 Å². The molecule has 2 aliphatic rings. The molecule has 1 aliphatic carbocycles. The molecule has 0 spiro atoms. The minimum Gasteiger partial charge on any atom is -0.379 e. The van der Waals surface area contributed by atoms with Gasteiger partial charge in [-0.05, 0) is 68.6 Å². The summed E-state index contributed by atoms with van der Waals surface area (Å²) in [4.78, 5) is 12.1. The van der Waals surface area contributed by atoms with Crippen molar-refractivity contribution in [2.75, 3.05) is 26.4 Å². The van der Waals surface area contributed by atoms with Crippen LogP contribution in [0.2, 0.25) is 0 Å². The van der Waals surface area contributed by atoms with Crippen LogP contribution < -0.4 is 10.6 Å². The second-order valence-corrected chi connectivity index (χ2v) is 7.42. The van der Waals surface area contributed by atoms with E-state index in [0.717, 1.165) is 32.3 Å². The SMILES string of the molecule is CC(NC(=O)NCCCOCC1CCCO1)c1ccc2c(c1)CCCC2. The Kier molecular flexibility index (Phi) is 7.32. The molecule has 1 aromatic carbocycles. The van der Waals surface area contributed by atoms with Crippen molar-refractivity contribution in [3.63, 3.8) is 0 Å². The van der Waals surface area contributed by atoms with Gasteiger partial charge in [-0.2, -0.15) is 0 Å². The van der Waals surface area contributed by atoms with Gasteiger partial charge in [0.15, 0.2) is 0 Å². The molecular formula is C21H32N2O3. The van der Waals surface area contributed by atoms with Gasteiger partial charge in [0.05, 0.1) is 18.8 Å². The molecule has 2 N–H and O–H groups in total. The lowest BCUT2D eigenvalue weighted by molar-refractivity contribution is 0.0168. The zero-order chi connectivity index (χ0) is 18.2. The standard InChI is InChI=1S/C21H32N2O3/c1-16(18-10-9-17-6-2-3-7-19(17)14-18)23-21(24)22-11-5-12-25-15-20-8-4-13-26-20/h9-10,14,16,20H,2-8,11-13,15H2,1H3,(H2,22,23,24). The average Bonchev–Trinajstić information content (AvgIpc) is 3.17. The highest BCUT2D eigenvalue weighted by Crippen LogP contribution is 2.24. The lowest BCUT2D eigenvalue weighted by atomic mass is 9.89. The molecule has 1 fully saturated rings. The first-order chi connectivity index (χ1) is 12.7. The quantitative estimate of drug-likeness (QED) is 0.698. The fourth-order valence-electron chi connectivity index (χ4n) is 3.72. The first kappa shape index (κ1) is 19.2. The Balaban J connectivity index is 1.31. The van der Waals surface area contributed by atoms with Crippen LogP contribution in [0.15, 0.2) is 18.2 Å². The predicted molar refractivity (Wildman–Crippen MR) is 102 cm³/mol. The number of ether oxygens (including phenoxy) is 2. The number of urea groups is 1. The largest absolute Gasteiger partial charge is 0.379 e. The molecule has 0 saturated carbocycles. The third-order valence-electron chi connectivity index (χ3n) is 5.30. The van der Waals surface area contributed by atoms with E-state index in [0.29, 0.717) is 19.8 Å². The van der Waals surface area contributed by atoms with E-state index < -0.39 is 0 Å². The van der Waals surface area contributed by atoms with Gasteiger partial charge in [0.1, 0.15) is 0 Å². The summed E-state index contributed by atoms with van der Waals surface area (Å²) in [6.07, 6.45) is 8.23. The Hall–Kier alpha value is -1.59. The summed E-state index contributed by atoms with van der Waals surface area (Å²) >= 11 is 0. The molecule has 5 heteroatoms. The number of hydrogen-bond donors (Lipinski definition) is 2. The van der Waals surface area contributed by atoms with E-state index in [-0.39, 0.29) is 18.2 Å². The van der Waals surface area contributed by atoms with E-state index in [9.17, 15) is 4.79 Å². The number of carbonyl (C=O) groups is 1. The normalized spacial score (nSPS) is 20.4. The Morgan fingerprint density at radius 3 is 2.92 bits per heavy atom. The summed E-state index contributed by atoms with van der Waals surface area (Å²) in [5.41, 5.74) is 4.10. The molecule has 1 heterocycles. The van der Waals surface area contributed by atoms with Crippen LogP contribution in [0.3, 0.4) is 0 Å². The highest BCUT2D eigenvalue weighted by Gasteiger charge is 2.15. The maximum atomic E-state index is 12.1. The van der Waals surface area contributed by atoms with Crippen molar-refractivity contribution in [1.29, 1.82) is 0 Å². The molecule has 2 amide bonds. The maximum Gasteiger partial charge on any atom is 0.315 e. The minimum atomic E-state index is -0.116. The van der Waals surface area contributed by atoms with Crippen molar-refractivity contribution in [2.24, 2.45) is 0 Å². The number of hydrogen-bond acceptors (Lipinski definition) is 3.